The number of para-hydroxylation sites is 1. The van der Waals surface area contributed by atoms with E-state index in [4.69, 9.17) is 4.74 Å². The highest BCUT2D eigenvalue weighted by molar-refractivity contribution is 5.97. The summed E-state index contributed by atoms with van der Waals surface area (Å²) >= 11 is 0. The molecule has 0 saturated heterocycles. The SMILES string of the molecule is COC(=O)c1cccc2c1N(C)C(c1ccccc1)CC2. The fraction of sp³-hybridized carbons (Fsp3) is 0.278. The third-order valence-corrected chi connectivity index (χ3v) is 4.22. The van der Waals surface area contributed by atoms with Gasteiger partial charge in [-0.2, -0.15) is 0 Å². The van der Waals surface area contributed by atoms with Crippen molar-refractivity contribution in [2.24, 2.45) is 0 Å². The van der Waals surface area contributed by atoms with Crippen LogP contribution in [0.5, 0.6) is 0 Å². The van der Waals surface area contributed by atoms with Crippen LogP contribution in [0.4, 0.5) is 5.69 Å². The highest BCUT2D eigenvalue weighted by Crippen LogP contribution is 2.39. The van der Waals surface area contributed by atoms with Crippen LogP contribution in [0, 0.1) is 0 Å². The first-order valence-corrected chi connectivity index (χ1v) is 7.20. The van der Waals surface area contributed by atoms with E-state index in [1.165, 1.54) is 18.2 Å². The normalized spacial score (nSPS) is 17.2. The monoisotopic (exact) mass is 281 g/mol. The van der Waals surface area contributed by atoms with Gasteiger partial charge in [0.15, 0.2) is 0 Å². The molecule has 1 aliphatic rings. The van der Waals surface area contributed by atoms with Gasteiger partial charge < -0.3 is 9.64 Å². The van der Waals surface area contributed by atoms with Crippen molar-refractivity contribution in [2.45, 2.75) is 18.9 Å². The molecule has 0 saturated carbocycles. The zero-order chi connectivity index (χ0) is 14.8. The number of nitrogens with zero attached hydrogens (tertiary/aromatic N) is 1. The molecule has 2 aromatic rings. The highest BCUT2D eigenvalue weighted by Gasteiger charge is 2.28. The molecule has 0 N–H and O–H groups in total. The molecular weight excluding hydrogens is 262 g/mol. The number of rotatable bonds is 2. The number of hydrogen-bond acceptors (Lipinski definition) is 3. The van der Waals surface area contributed by atoms with Crippen LogP contribution in [-0.4, -0.2) is 20.1 Å². The van der Waals surface area contributed by atoms with Crippen molar-refractivity contribution in [3.63, 3.8) is 0 Å². The van der Waals surface area contributed by atoms with Gasteiger partial charge in [-0.1, -0.05) is 42.5 Å². The Bertz CT molecular complexity index is 652. The average Bonchev–Trinajstić information content (AvgIpc) is 2.55. The Kier molecular flexibility index (Phi) is 3.65. The molecule has 1 heterocycles. The molecule has 108 valence electrons. The van der Waals surface area contributed by atoms with E-state index in [0.717, 1.165) is 18.5 Å². The third-order valence-electron chi connectivity index (χ3n) is 4.22. The number of hydrogen-bond donors (Lipinski definition) is 0. The molecule has 0 fully saturated rings. The van der Waals surface area contributed by atoms with Gasteiger partial charge in [-0.25, -0.2) is 4.79 Å². The van der Waals surface area contributed by atoms with Gasteiger partial charge >= 0.3 is 5.97 Å². The minimum Gasteiger partial charge on any atom is -0.465 e. The second-order valence-corrected chi connectivity index (χ2v) is 5.38. The Morgan fingerprint density at radius 1 is 1.14 bits per heavy atom. The summed E-state index contributed by atoms with van der Waals surface area (Å²) in [6.07, 6.45) is 2.03. The first-order valence-electron chi connectivity index (χ1n) is 7.20. The van der Waals surface area contributed by atoms with Crippen molar-refractivity contribution in [1.82, 2.24) is 0 Å². The summed E-state index contributed by atoms with van der Waals surface area (Å²) in [5.74, 6) is -0.271. The number of benzene rings is 2. The van der Waals surface area contributed by atoms with E-state index in [1.54, 1.807) is 0 Å². The molecule has 0 bridgehead atoms. The van der Waals surface area contributed by atoms with E-state index in [9.17, 15) is 4.79 Å². The molecule has 2 aromatic carbocycles. The molecule has 1 aliphatic heterocycles. The first kappa shape index (κ1) is 13.7. The van der Waals surface area contributed by atoms with Gasteiger partial charge in [-0.05, 0) is 30.0 Å². The number of fused-ring (bicyclic) bond motifs is 1. The van der Waals surface area contributed by atoms with Crippen molar-refractivity contribution < 1.29 is 9.53 Å². The van der Waals surface area contributed by atoms with Crippen LogP contribution in [0.2, 0.25) is 0 Å². The Hall–Kier alpha value is -2.29. The van der Waals surface area contributed by atoms with Crippen LogP contribution in [0.3, 0.4) is 0 Å². The maximum absolute atomic E-state index is 12.0. The largest absolute Gasteiger partial charge is 0.465 e. The van der Waals surface area contributed by atoms with E-state index in [-0.39, 0.29) is 5.97 Å². The molecular formula is C18H19NO2. The van der Waals surface area contributed by atoms with Gasteiger partial charge in [-0.15, -0.1) is 0 Å². The summed E-state index contributed by atoms with van der Waals surface area (Å²) in [5.41, 5.74) is 4.15. The maximum atomic E-state index is 12.0. The molecule has 3 nitrogen and oxygen atoms in total. The van der Waals surface area contributed by atoms with Crippen LogP contribution in [0.1, 0.15) is 33.9 Å². The molecule has 1 atom stereocenters. The second kappa shape index (κ2) is 5.60. The zero-order valence-electron chi connectivity index (χ0n) is 12.4. The summed E-state index contributed by atoms with van der Waals surface area (Å²) in [7, 11) is 3.49. The van der Waals surface area contributed by atoms with Gasteiger partial charge in [0.1, 0.15) is 0 Å². The van der Waals surface area contributed by atoms with Crippen molar-refractivity contribution in [3.8, 4) is 0 Å². The molecule has 0 radical (unpaired) electrons. The maximum Gasteiger partial charge on any atom is 0.339 e. The van der Waals surface area contributed by atoms with Crippen LogP contribution >= 0.6 is 0 Å². The van der Waals surface area contributed by atoms with Crippen LogP contribution in [0.15, 0.2) is 48.5 Å². The van der Waals surface area contributed by atoms with Crippen molar-refractivity contribution in [2.75, 3.05) is 19.1 Å². The molecule has 3 rings (SSSR count). The lowest BCUT2D eigenvalue weighted by atomic mass is 9.90. The fourth-order valence-electron chi connectivity index (χ4n) is 3.19. The molecule has 21 heavy (non-hydrogen) atoms. The quantitative estimate of drug-likeness (QED) is 0.788. The first-order chi connectivity index (χ1) is 10.2. The fourth-order valence-corrected chi connectivity index (χ4v) is 3.19. The zero-order valence-corrected chi connectivity index (χ0v) is 12.4. The van der Waals surface area contributed by atoms with E-state index in [0.29, 0.717) is 11.6 Å². The van der Waals surface area contributed by atoms with Gasteiger partial charge in [0.2, 0.25) is 0 Å². The summed E-state index contributed by atoms with van der Waals surface area (Å²) in [5, 5.41) is 0. The Labute approximate surface area is 125 Å². The molecule has 0 aliphatic carbocycles. The van der Waals surface area contributed by atoms with E-state index in [2.05, 4.69) is 42.3 Å². The summed E-state index contributed by atoms with van der Waals surface area (Å²) in [6, 6.07) is 16.6. The second-order valence-electron chi connectivity index (χ2n) is 5.38. The van der Waals surface area contributed by atoms with Crippen LogP contribution in [-0.2, 0) is 11.2 Å². The number of aryl methyl sites for hydroxylation is 1. The number of anilines is 1. The number of methoxy groups -OCH3 is 1. The Balaban J connectivity index is 2.04. The summed E-state index contributed by atoms with van der Waals surface area (Å²) < 4.78 is 4.93. The van der Waals surface area contributed by atoms with E-state index < -0.39 is 0 Å². The predicted octanol–water partition coefficient (Wildman–Crippen LogP) is 3.60. The summed E-state index contributed by atoms with van der Waals surface area (Å²) in [4.78, 5) is 14.2. The lowest BCUT2D eigenvalue weighted by Gasteiger charge is -2.37. The highest BCUT2D eigenvalue weighted by atomic mass is 16.5. The molecule has 0 aromatic heterocycles. The Morgan fingerprint density at radius 2 is 1.90 bits per heavy atom. The lowest BCUT2D eigenvalue weighted by molar-refractivity contribution is 0.0601. The summed E-state index contributed by atoms with van der Waals surface area (Å²) in [6.45, 7) is 0. The topological polar surface area (TPSA) is 29.5 Å². The van der Waals surface area contributed by atoms with Crippen molar-refractivity contribution in [1.29, 1.82) is 0 Å². The predicted molar refractivity (Wildman–Crippen MR) is 83.7 cm³/mol. The Morgan fingerprint density at radius 3 is 2.62 bits per heavy atom. The lowest BCUT2D eigenvalue weighted by Crippen LogP contribution is -2.31. The van der Waals surface area contributed by atoms with Gasteiger partial charge in [-0.3, -0.25) is 0 Å². The van der Waals surface area contributed by atoms with Crippen LogP contribution < -0.4 is 4.90 Å². The van der Waals surface area contributed by atoms with E-state index in [1.807, 2.05) is 18.2 Å². The van der Waals surface area contributed by atoms with Gasteiger partial charge in [0.25, 0.3) is 0 Å². The van der Waals surface area contributed by atoms with Crippen molar-refractivity contribution >= 4 is 11.7 Å². The molecule has 1 unspecified atom stereocenters. The molecule has 3 heteroatoms. The third kappa shape index (κ3) is 2.40. The minimum atomic E-state index is -0.271. The van der Waals surface area contributed by atoms with Crippen molar-refractivity contribution in [3.05, 3.63) is 65.2 Å². The number of esters is 1. The minimum absolute atomic E-state index is 0.271. The van der Waals surface area contributed by atoms with Gasteiger partial charge in [0, 0.05) is 7.05 Å². The molecule has 0 amide bonds. The number of ether oxygens (including phenoxy) is 1. The van der Waals surface area contributed by atoms with Crippen LogP contribution in [0.25, 0.3) is 0 Å². The standard InChI is InChI=1S/C18H19NO2/c1-19-16(13-7-4-3-5-8-13)12-11-14-9-6-10-15(17(14)19)18(20)21-2/h3-10,16H,11-12H2,1-2H3. The molecule has 0 spiro atoms. The number of carbonyl (C=O) groups is 1. The van der Waals surface area contributed by atoms with E-state index >= 15 is 0 Å². The number of carbonyl (C=O) groups excluding carboxylic acids is 1. The van der Waals surface area contributed by atoms with Gasteiger partial charge in [0.05, 0.1) is 24.4 Å². The smallest absolute Gasteiger partial charge is 0.339 e. The average molecular weight is 281 g/mol.